The number of hydrogen-bond donors (Lipinski definition) is 1. The van der Waals surface area contributed by atoms with Crippen LogP contribution in [0.4, 0.5) is 0 Å². The first-order chi connectivity index (χ1) is 16.9. The van der Waals surface area contributed by atoms with Gasteiger partial charge in [0.2, 0.25) is 0 Å². The number of fused-ring (bicyclic) bond motifs is 2. The predicted octanol–water partition coefficient (Wildman–Crippen LogP) is 4.67. The van der Waals surface area contributed by atoms with Crippen LogP contribution < -0.4 is 5.32 Å². The molecule has 0 aliphatic carbocycles. The minimum atomic E-state index is -0.154. The zero-order valence-corrected chi connectivity index (χ0v) is 20.9. The highest BCUT2D eigenvalue weighted by Crippen LogP contribution is 2.24. The molecule has 1 amide bonds. The molecule has 0 saturated heterocycles. The summed E-state index contributed by atoms with van der Waals surface area (Å²) in [5.74, 6) is 1.87. The topological polar surface area (TPSA) is 77.6 Å². The standard InChI is InChI=1S/C28H34N6O/c1-28(2,3)21-14-12-20(13-15-21)19-34-23-10-7-6-9-22(23)26(32-34)27(35)29-17-16-25-31-30-24-11-5-4-8-18-33(24)25/h6-7,9-10,12-15H,4-5,8,11,16-19H2,1-3H3,(H,29,35). The Labute approximate surface area is 206 Å². The van der Waals surface area contributed by atoms with Crippen molar-refractivity contribution in [1.82, 2.24) is 29.9 Å². The molecule has 7 nitrogen and oxygen atoms in total. The molecule has 0 bridgehead atoms. The van der Waals surface area contributed by atoms with Gasteiger partial charge in [-0.05, 0) is 35.4 Å². The van der Waals surface area contributed by atoms with Gasteiger partial charge in [-0.3, -0.25) is 9.48 Å². The Bertz CT molecular complexity index is 1330. The van der Waals surface area contributed by atoms with Gasteiger partial charge in [-0.15, -0.1) is 10.2 Å². The molecule has 2 aromatic carbocycles. The number of carbonyl (C=O) groups is 1. The Kier molecular flexibility index (Phi) is 6.41. The van der Waals surface area contributed by atoms with Gasteiger partial charge < -0.3 is 9.88 Å². The number of hydrogen-bond acceptors (Lipinski definition) is 4. The maximum absolute atomic E-state index is 13.1. The average molecular weight is 471 g/mol. The third-order valence-electron chi connectivity index (χ3n) is 6.85. The number of aryl methyl sites for hydroxylation is 1. The number of amides is 1. The van der Waals surface area contributed by atoms with E-state index in [0.29, 0.717) is 25.2 Å². The van der Waals surface area contributed by atoms with Crippen LogP contribution in [0.3, 0.4) is 0 Å². The Morgan fingerprint density at radius 3 is 2.60 bits per heavy atom. The third-order valence-corrected chi connectivity index (χ3v) is 6.85. The SMILES string of the molecule is CC(C)(C)c1ccc(Cn2nc(C(=O)NCCc3nnc4n3CCCCC4)c3ccccc32)cc1. The van der Waals surface area contributed by atoms with Crippen molar-refractivity contribution in [2.45, 2.75) is 71.4 Å². The van der Waals surface area contributed by atoms with Crippen molar-refractivity contribution in [1.29, 1.82) is 0 Å². The summed E-state index contributed by atoms with van der Waals surface area (Å²) >= 11 is 0. The van der Waals surface area contributed by atoms with Crippen LogP contribution in [0.5, 0.6) is 0 Å². The van der Waals surface area contributed by atoms with E-state index in [-0.39, 0.29) is 11.3 Å². The highest BCUT2D eigenvalue weighted by molar-refractivity contribution is 6.04. The molecular weight excluding hydrogens is 436 g/mol. The fraction of sp³-hybridized carbons (Fsp3) is 0.429. The lowest BCUT2D eigenvalue weighted by molar-refractivity contribution is 0.0949. The van der Waals surface area contributed by atoms with Gasteiger partial charge in [-0.2, -0.15) is 5.10 Å². The van der Waals surface area contributed by atoms with Crippen molar-refractivity contribution in [3.63, 3.8) is 0 Å². The first-order valence-electron chi connectivity index (χ1n) is 12.6. The van der Waals surface area contributed by atoms with E-state index >= 15 is 0 Å². The maximum Gasteiger partial charge on any atom is 0.272 e. The Balaban J connectivity index is 1.30. The molecule has 35 heavy (non-hydrogen) atoms. The zero-order chi connectivity index (χ0) is 24.4. The van der Waals surface area contributed by atoms with E-state index in [1.165, 1.54) is 18.4 Å². The molecular formula is C28H34N6O. The summed E-state index contributed by atoms with van der Waals surface area (Å²) in [6.07, 6.45) is 5.22. The van der Waals surface area contributed by atoms with Crippen molar-refractivity contribution < 1.29 is 4.79 Å². The summed E-state index contributed by atoms with van der Waals surface area (Å²) in [7, 11) is 0. The van der Waals surface area contributed by atoms with E-state index in [9.17, 15) is 4.79 Å². The number of carbonyl (C=O) groups excluding carboxylic acids is 1. The van der Waals surface area contributed by atoms with Gasteiger partial charge in [0.1, 0.15) is 11.6 Å². The smallest absolute Gasteiger partial charge is 0.272 e. The van der Waals surface area contributed by atoms with Gasteiger partial charge in [-0.25, -0.2) is 0 Å². The fourth-order valence-corrected chi connectivity index (χ4v) is 4.80. The second-order valence-corrected chi connectivity index (χ2v) is 10.5. The van der Waals surface area contributed by atoms with Gasteiger partial charge in [-0.1, -0.05) is 69.7 Å². The summed E-state index contributed by atoms with van der Waals surface area (Å²) in [4.78, 5) is 13.1. The van der Waals surface area contributed by atoms with Crippen LogP contribution in [0.1, 0.15) is 73.3 Å². The molecule has 4 aromatic rings. The lowest BCUT2D eigenvalue weighted by atomic mass is 9.87. The highest BCUT2D eigenvalue weighted by Gasteiger charge is 2.19. The lowest BCUT2D eigenvalue weighted by Crippen LogP contribution is -2.27. The summed E-state index contributed by atoms with van der Waals surface area (Å²) in [5, 5.41) is 17.4. The highest BCUT2D eigenvalue weighted by atomic mass is 16.1. The Morgan fingerprint density at radius 2 is 1.80 bits per heavy atom. The molecule has 1 aliphatic rings. The molecule has 5 rings (SSSR count). The molecule has 0 saturated carbocycles. The van der Waals surface area contributed by atoms with Crippen molar-refractivity contribution >= 4 is 16.8 Å². The molecule has 1 N–H and O–H groups in total. The first-order valence-corrected chi connectivity index (χ1v) is 12.6. The molecule has 1 aliphatic heterocycles. The minimum absolute atomic E-state index is 0.118. The Morgan fingerprint density at radius 1 is 1.00 bits per heavy atom. The normalized spacial score (nSPS) is 14.0. The molecule has 7 heteroatoms. The van der Waals surface area contributed by atoms with Crippen molar-refractivity contribution in [3.8, 4) is 0 Å². The van der Waals surface area contributed by atoms with Gasteiger partial charge in [0, 0.05) is 31.3 Å². The van der Waals surface area contributed by atoms with Crippen molar-refractivity contribution in [3.05, 3.63) is 77.0 Å². The number of nitrogens with one attached hydrogen (secondary N) is 1. The second kappa shape index (κ2) is 9.64. The van der Waals surface area contributed by atoms with E-state index in [4.69, 9.17) is 5.10 Å². The zero-order valence-electron chi connectivity index (χ0n) is 20.9. The van der Waals surface area contributed by atoms with E-state index in [2.05, 4.69) is 65.1 Å². The third kappa shape index (κ3) is 4.99. The number of para-hydroxylation sites is 1. The summed E-state index contributed by atoms with van der Waals surface area (Å²) in [5.41, 5.74) is 4.00. The van der Waals surface area contributed by atoms with Crippen molar-refractivity contribution in [2.75, 3.05) is 6.54 Å². The molecule has 3 heterocycles. The molecule has 0 spiro atoms. The Hall–Kier alpha value is -3.48. The van der Waals surface area contributed by atoms with Crippen LogP contribution in [0.15, 0.2) is 48.5 Å². The molecule has 0 unspecified atom stereocenters. The van der Waals surface area contributed by atoms with Crippen LogP contribution in [-0.2, 0) is 31.3 Å². The van der Waals surface area contributed by atoms with Crippen LogP contribution >= 0.6 is 0 Å². The molecule has 0 atom stereocenters. The number of nitrogens with zero attached hydrogens (tertiary/aromatic N) is 5. The van der Waals surface area contributed by atoms with Crippen LogP contribution in [0, 0.1) is 0 Å². The number of rotatable bonds is 6. The molecule has 182 valence electrons. The molecule has 2 aromatic heterocycles. The number of benzene rings is 2. The maximum atomic E-state index is 13.1. The predicted molar refractivity (Wildman–Crippen MR) is 138 cm³/mol. The fourth-order valence-electron chi connectivity index (χ4n) is 4.80. The van der Waals surface area contributed by atoms with E-state index < -0.39 is 0 Å². The van der Waals surface area contributed by atoms with Crippen LogP contribution in [0.2, 0.25) is 0 Å². The minimum Gasteiger partial charge on any atom is -0.350 e. The van der Waals surface area contributed by atoms with Gasteiger partial charge in [0.25, 0.3) is 5.91 Å². The van der Waals surface area contributed by atoms with E-state index in [1.807, 2.05) is 28.9 Å². The van der Waals surface area contributed by atoms with E-state index in [0.717, 1.165) is 47.5 Å². The quantitative estimate of drug-likeness (QED) is 0.444. The monoisotopic (exact) mass is 470 g/mol. The number of aromatic nitrogens is 5. The lowest BCUT2D eigenvalue weighted by Gasteiger charge is -2.19. The summed E-state index contributed by atoms with van der Waals surface area (Å²) in [6, 6.07) is 16.6. The van der Waals surface area contributed by atoms with Gasteiger partial charge in [0.15, 0.2) is 5.69 Å². The van der Waals surface area contributed by atoms with Crippen LogP contribution in [-0.4, -0.2) is 37.0 Å². The largest absolute Gasteiger partial charge is 0.350 e. The average Bonchev–Trinajstić information content (AvgIpc) is 3.31. The summed E-state index contributed by atoms with van der Waals surface area (Å²) < 4.78 is 4.16. The second-order valence-electron chi connectivity index (χ2n) is 10.5. The summed E-state index contributed by atoms with van der Waals surface area (Å²) in [6.45, 7) is 8.74. The van der Waals surface area contributed by atoms with Gasteiger partial charge in [0.05, 0.1) is 12.1 Å². The van der Waals surface area contributed by atoms with Gasteiger partial charge >= 0.3 is 0 Å². The first kappa shape index (κ1) is 23.3. The van der Waals surface area contributed by atoms with Crippen molar-refractivity contribution in [2.24, 2.45) is 0 Å². The molecule has 0 fully saturated rings. The van der Waals surface area contributed by atoms with E-state index in [1.54, 1.807) is 0 Å². The molecule has 0 radical (unpaired) electrons. The van der Waals surface area contributed by atoms with Crippen LogP contribution in [0.25, 0.3) is 10.9 Å².